The van der Waals surface area contributed by atoms with Gasteiger partial charge in [0.15, 0.2) is 5.78 Å². The number of hydrogen-bond donors (Lipinski definition) is 3. The van der Waals surface area contributed by atoms with Gasteiger partial charge in [-0.1, -0.05) is 50.6 Å². The third-order valence-electron chi connectivity index (χ3n) is 8.59. The van der Waals surface area contributed by atoms with Crippen molar-refractivity contribution in [3.63, 3.8) is 0 Å². The third kappa shape index (κ3) is 4.67. The molecule has 3 aliphatic rings. The average Bonchev–Trinajstić information content (AvgIpc) is 3.31. The number of benzene rings is 2. The number of anilines is 1. The lowest BCUT2D eigenvalue weighted by atomic mass is 9.62. The predicted octanol–water partition coefficient (Wildman–Crippen LogP) is 5.88. The van der Waals surface area contributed by atoms with Crippen molar-refractivity contribution in [2.24, 2.45) is 11.3 Å². The van der Waals surface area contributed by atoms with Gasteiger partial charge in [0, 0.05) is 24.1 Å². The molecule has 2 heterocycles. The number of aliphatic hydroxyl groups is 1. The average molecular weight is 545 g/mol. The molecule has 1 saturated carbocycles. The van der Waals surface area contributed by atoms with Crippen molar-refractivity contribution in [3.8, 4) is 0 Å². The van der Waals surface area contributed by atoms with Gasteiger partial charge in [-0.3, -0.25) is 9.59 Å². The second-order valence-corrected chi connectivity index (χ2v) is 12.8. The third-order valence-corrected chi connectivity index (χ3v) is 8.88. The summed E-state index contributed by atoms with van der Waals surface area (Å²) in [6, 6.07) is 7.50. The Hall–Kier alpha value is -2.35. The van der Waals surface area contributed by atoms with Crippen LogP contribution >= 0.6 is 11.6 Å². The number of ketones is 1. The molecule has 1 aliphatic carbocycles. The van der Waals surface area contributed by atoms with E-state index in [1.165, 1.54) is 18.2 Å². The van der Waals surface area contributed by atoms with E-state index in [4.69, 9.17) is 11.6 Å². The molecule has 4 atom stereocenters. The maximum atomic E-state index is 15.8. The zero-order chi connectivity index (χ0) is 27.4. The zero-order valence-corrected chi connectivity index (χ0v) is 22.7. The normalized spacial score (nSPS) is 30.9. The first-order valence-electron chi connectivity index (χ1n) is 13.4. The topological polar surface area (TPSA) is 78.4 Å². The Bertz CT molecular complexity index is 1250. The molecule has 0 unspecified atom stereocenters. The summed E-state index contributed by atoms with van der Waals surface area (Å²) in [6.45, 7) is 6.16. The Kier molecular flexibility index (Phi) is 7.16. The molecule has 5 rings (SSSR count). The summed E-state index contributed by atoms with van der Waals surface area (Å²) in [5.74, 6) is -2.37. The Balaban J connectivity index is 1.67. The molecule has 0 bridgehead atoms. The molecule has 1 spiro atoms. The summed E-state index contributed by atoms with van der Waals surface area (Å²) in [4.78, 5) is 28.1. The highest BCUT2D eigenvalue weighted by atomic mass is 35.5. The fourth-order valence-electron chi connectivity index (χ4n) is 6.96. The standard InChI is InChI=1S/C30H35ClF2N2O3/c1-29(2,3)15-24-30(20-12-9-17(32)14-22(20)34-28(30)38)25(19-5-4-6-21(31)26(19)33)27(35-24)23(37)13-16-7-10-18(36)11-8-16/h4-6,9,12,14,16,18,24-25,27,35-36H,7-8,10-11,13,15H2,1-3H3,(H,34,38)/t16?,18?,24-,25-,27-,30+/m0/s1. The second-order valence-electron chi connectivity index (χ2n) is 12.4. The van der Waals surface area contributed by atoms with Crippen LogP contribution in [0.2, 0.25) is 5.02 Å². The highest BCUT2D eigenvalue weighted by Crippen LogP contribution is 2.57. The summed E-state index contributed by atoms with van der Waals surface area (Å²) in [6.07, 6.45) is 3.26. The SMILES string of the molecule is CC(C)(C)C[C@@H]1N[C@@H](C(=O)CC2CCC(O)CC2)[C@H](c2cccc(Cl)c2F)[C@]12C(=O)Nc1cc(F)ccc12. The van der Waals surface area contributed by atoms with E-state index in [1.807, 2.05) is 0 Å². The van der Waals surface area contributed by atoms with Gasteiger partial charge in [0.1, 0.15) is 17.0 Å². The van der Waals surface area contributed by atoms with Gasteiger partial charge in [-0.25, -0.2) is 8.78 Å². The molecule has 1 saturated heterocycles. The molecule has 2 fully saturated rings. The van der Waals surface area contributed by atoms with E-state index in [0.29, 0.717) is 30.5 Å². The van der Waals surface area contributed by atoms with Gasteiger partial charge in [0.25, 0.3) is 0 Å². The van der Waals surface area contributed by atoms with Gasteiger partial charge < -0.3 is 15.7 Å². The lowest BCUT2D eigenvalue weighted by Crippen LogP contribution is -2.49. The van der Waals surface area contributed by atoms with E-state index in [9.17, 15) is 19.1 Å². The van der Waals surface area contributed by atoms with Gasteiger partial charge in [-0.05, 0) is 72.8 Å². The molecule has 204 valence electrons. The quantitative estimate of drug-likeness (QED) is 0.439. The molecule has 2 aromatic carbocycles. The zero-order valence-electron chi connectivity index (χ0n) is 22.0. The fourth-order valence-corrected chi connectivity index (χ4v) is 7.15. The molecule has 2 aliphatic heterocycles. The number of amides is 1. The molecule has 2 aromatic rings. The van der Waals surface area contributed by atoms with Crippen LogP contribution in [0.4, 0.5) is 14.5 Å². The van der Waals surface area contributed by atoms with Crippen LogP contribution in [0.3, 0.4) is 0 Å². The maximum absolute atomic E-state index is 15.8. The highest BCUT2D eigenvalue weighted by Gasteiger charge is 2.66. The van der Waals surface area contributed by atoms with E-state index >= 15 is 4.39 Å². The van der Waals surface area contributed by atoms with Gasteiger partial charge in [-0.2, -0.15) is 0 Å². The van der Waals surface area contributed by atoms with Crippen molar-refractivity contribution in [1.29, 1.82) is 0 Å². The number of halogens is 3. The lowest BCUT2D eigenvalue weighted by Gasteiger charge is -2.38. The molecule has 1 amide bonds. The molecular weight excluding hydrogens is 510 g/mol. The number of hydrogen-bond acceptors (Lipinski definition) is 4. The maximum Gasteiger partial charge on any atom is 0.237 e. The summed E-state index contributed by atoms with van der Waals surface area (Å²) < 4.78 is 30.0. The fraction of sp³-hybridized carbons (Fsp3) is 0.533. The number of carbonyl (C=O) groups is 2. The monoisotopic (exact) mass is 544 g/mol. The Morgan fingerprint density at radius 2 is 1.84 bits per heavy atom. The van der Waals surface area contributed by atoms with E-state index < -0.39 is 35.1 Å². The number of rotatable bonds is 5. The van der Waals surface area contributed by atoms with Crippen molar-refractivity contribution in [3.05, 3.63) is 64.2 Å². The number of aliphatic hydroxyl groups excluding tert-OH is 1. The number of Topliss-reactive ketones (excluding diaryl/α,β-unsaturated/α-hetero) is 1. The molecule has 5 nitrogen and oxygen atoms in total. The van der Waals surface area contributed by atoms with Gasteiger partial charge >= 0.3 is 0 Å². The van der Waals surface area contributed by atoms with E-state index in [0.717, 1.165) is 12.8 Å². The second kappa shape index (κ2) is 10.00. The summed E-state index contributed by atoms with van der Waals surface area (Å²) >= 11 is 6.23. The van der Waals surface area contributed by atoms with Gasteiger partial charge in [0.2, 0.25) is 5.91 Å². The summed E-state index contributed by atoms with van der Waals surface area (Å²) in [5.41, 5.74) is -0.470. The first-order valence-corrected chi connectivity index (χ1v) is 13.8. The Labute approximate surface area is 227 Å². The van der Waals surface area contributed by atoms with Crippen molar-refractivity contribution in [2.45, 2.75) is 88.8 Å². The number of carbonyl (C=O) groups excluding carboxylic acids is 2. The molecule has 8 heteroatoms. The minimum Gasteiger partial charge on any atom is -0.393 e. The molecule has 0 radical (unpaired) electrons. The lowest BCUT2D eigenvalue weighted by molar-refractivity contribution is -0.123. The van der Waals surface area contributed by atoms with Crippen LogP contribution in [0.5, 0.6) is 0 Å². The van der Waals surface area contributed by atoms with Crippen LogP contribution in [0.15, 0.2) is 36.4 Å². The highest BCUT2D eigenvalue weighted by molar-refractivity contribution is 6.30. The molecule has 3 N–H and O–H groups in total. The first-order chi connectivity index (χ1) is 17.9. The minimum atomic E-state index is -1.34. The van der Waals surface area contributed by atoms with E-state index in [1.54, 1.807) is 18.2 Å². The smallest absolute Gasteiger partial charge is 0.237 e. The van der Waals surface area contributed by atoms with Crippen molar-refractivity contribution in [2.75, 3.05) is 5.32 Å². The number of fused-ring (bicyclic) bond motifs is 2. The van der Waals surface area contributed by atoms with E-state index in [-0.39, 0.29) is 46.1 Å². The van der Waals surface area contributed by atoms with Crippen molar-refractivity contribution < 1.29 is 23.5 Å². The van der Waals surface area contributed by atoms with Crippen LogP contribution in [0, 0.1) is 23.0 Å². The first kappa shape index (κ1) is 27.2. The summed E-state index contributed by atoms with van der Waals surface area (Å²) in [7, 11) is 0. The Morgan fingerprint density at radius 3 is 2.53 bits per heavy atom. The van der Waals surface area contributed by atoms with Crippen LogP contribution < -0.4 is 10.6 Å². The van der Waals surface area contributed by atoms with Crippen molar-refractivity contribution >= 4 is 29.0 Å². The van der Waals surface area contributed by atoms with Crippen LogP contribution in [-0.4, -0.2) is 35.0 Å². The van der Waals surface area contributed by atoms with Gasteiger partial charge in [-0.15, -0.1) is 0 Å². The summed E-state index contributed by atoms with van der Waals surface area (Å²) in [5, 5.41) is 16.2. The molecular formula is C30H35ClF2N2O3. The predicted molar refractivity (Wildman–Crippen MR) is 143 cm³/mol. The number of nitrogens with one attached hydrogen (secondary N) is 2. The van der Waals surface area contributed by atoms with E-state index in [2.05, 4.69) is 31.4 Å². The van der Waals surface area contributed by atoms with Crippen LogP contribution in [-0.2, 0) is 15.0 Å². The molecule has 0 aromatic heterocycles. The largest absolute Gasteiger partial charge is 0.393 e. The molecule has 38 heavy (non-hydrogen) atoms. The Morgan fingerprint density at radius 1 is 1.13 bits per heavy atom. The van der Waals surface area contributed by atoms with Gasteiger partial charge in [0.05, 0.1) is 17.2 Å². The van der Waals surface area contributed by atoms with Crippen LogP contribution in [0.1, 0.15) is 76.3 Å². The van der Waals surface area contributed by atoms with Crippen LogP contribution in [0.25, 0.3) is 0 Å². The van der Waals surface area contributed by atoms with Crippen molar-refractivity contribution in [1.82, 2.24) is 5.32 Å². The minimum absolute atomic E-state index is 0.0814.